The van der Waals surface area contributed by atoms with Crippen molar-refractivity contribution in [2.45, 2.75) is 19.4 Å². The van der Waals surface area contributed by atoms with Gasteiger partial charge in [-0.25, -0.2) is 0 Å². The molecule has 3 heteroatoms. The van der Waals surface area contributed by atoms with Gasteiger partial charge in [-0.15, -0.1) is 11.3 Å². The van der Waals surface area contributed by atoms with Crippen LogP contribution < -0.4 is 5.32 Å². The van der Waals surface area contributed by atoms with E-state index in [1.54, 1.807) is 11.3 Å². The van der Waals surface area contributed by atoms with E-state index in [1.807, 2.05) is 13.1 Å². The van der Waals surface area contributed by atoms with Crippen LogP contribution in [-0.4, -0.2) is 7.05 Å². The van der Waals surface area contributed by atoms with E-state index in [0.717, 1.165) is 10.8 Å². The molecule has 0 aliphatic carbocycles. The van der Waals surface area contributed by atoms with Crippen LogP contribution in [0.4, 0.5) is 0 Å². The van der Waals surface area contributed by atoms with E-state index in [2.05, 4.69) is 42.6 Å². The van der Waals surface area contributed by atoms with Gasteiger partial charge in [0.1, 0.15) is 0 Å². The topological polar surface area (TPSA) is 12.0 Å². The summed E-state index contributed by atoms with van der Waals surface area (Å²) in [5.74, 6) is 0. The summed E-state index contributed by atoms with van der Waals surface area (Å²) < 4.78 is 0.852. The third-order valence-corrected chi connectivity index (χ3v) is 4.32. The zero-order chi connectivity index (χ0) is 12.3. The first-order valence-corrected chi connectivity index (χ1v) is 6.87. The number of nitrogens with one attached hydrogen (secondary N) is 1. The van der Waals surface area contributed by atoms with Crippen molar-refractivity contribution in [1.29, 1.82) is 0 Å². The average molecular weight is 266 g/mol. The van der Waals surface area contributed by atoms with Gasteiger partial charge < -0.3 is 5.32 Å². The Balaban J connectivity index is 2.18. The molecule has 0 fully saturated rings. The molecule has 0 bridgehead atoms. The lowest BCUT2D eigenvalue weighted by Crippen LogP contribution is -2.18. The van der Waals surface area contributed by atoms with Crippen molar-refractivity contribution in [2.75, 3.05) is 7.05 Å². The molecule has 0 spiro atoms. The predicted octanol–water partition coefficient (Wildman–Crippen LogP) is 4.21. The number of likely N-dealkylation sites (N-methyl/N-ethyl adjacent to an activating group) is 1. The molecule has 0 saturated heterocycles. The van der Waals surface area contributed by atoms with Gasteiger partial charge in [0.2, 0.25) is 0 Å². The Labute approximate surface area is 111 Å². The summed E-state index contributed by atoms with van der Waals surface area (Å²) in [6.45, 7) is 2.16. The SMILES string of the molecule is CNC(Cc1ccccc1C)c1ccc(Cl)s1. The molecule has 90 valence electrons. The van der Waals surface area contributed by atoms with Crippen molar-refractivity contribution in [3.63, 3.8) is 0 Å². The van der Waals surface area contributed by atoms with E-state index >= 15 is 0 Å². The van der Waals surface area contributed by atoms with Crippen LogP contribution in [0.25, 0.3) is 0 Å². The minimum absolute atomic E-state index is 0.341. The minimum atomic E-state index is 0.341. The zero-order valence-electron chi connectivity index (χ0n) is 10.0. The van der Waals surface area contributed by atoms with Gasteiger partial charge in [0.05, 0.1) is 4.34 Å². The maximum absolute atomic E-state index is 5.99. The maximum atomic E-state index is 5.99. The molecule has 0 aliphatic heterocycles. The molecule has 17 heavy (non-hydrogen) atoms. The van der Waals surface area contributed by atoms with Crippen molar-refractivity contribution in [2.24, 2.45) is 0 Å². The molecule has 2 rings (SSSR count). The molecule has 1 N–H and O–H groups in total. The van der Waals surface area contributed by atoms with Crippen molar-refractivity contribution in [3.8, 4) is 0 Å². The molecule has 2 aromatic rings. The van der Waals surface area contributed by atoms with Gasteiger partial charge in [0.25, 0.3) is 0 Å². The molecule has 1 unspecified atom stereocenters. The average Bonchev–Trinajstić information content (AvgIpc) is 2.75. The van der Waals surface area contributed by atoms with E-state index in [1.165, 1.54) is 16.0 Å². The van der Waals surface area contributed by atoms with Gasteiger partial charge in [-0.3, -0.25) is 0 Å². The van der Waals surface area contributed by atoms with E-state index < -0.39 is 0 Å². The normalized spacial score (nSPS) is 12.6. The summed E-state index contributed by atoms with van der Waals surface area (Å²) >= 11 is 7.63. The highest BCUT2D eigenvalue weighted by Gasteiger charge is 2.13. The molecule has 1 nitrogen and oxygen atoms in total. The highest BCUT2D eigenvalue weighted by molar-refractivity contribution is 7.16. The largest absolute Gasteiger partial charge is 0.312 e. The maximum Gasteiger partial charge on any atom is 0.0931 e. The number of aryl methyl sites for hydroxylation is 1. The van der Waals surface area contributed by atoms with Crippen LogP contribution in [0.3, 0.4) is 0 Å². The first-order valence-electron chi connectivity index (χ1n) is 5.67. The predicted molar refractivity (Wildman–Crippen MR) is 76.0 cm³/mol. The molecule has 0 amide bonds. The Morgan fingerprint density at radius 1 is 1.24 bits per heavy atom. The van der Waals surface area contributed by atoms with Crippen molar-refractivity contribution >= 4 is 22.9 Å². The lowest BCUT2D eigenvalue weighted by molar-refractivity contribution is 0.600. The van der Waals surface area contributed by atoms with Gasteiger partial charge in [-0.05, 0) is 43.7 Å². The standard InChI is InChI=1S/C14H16ClNS/c1-10-5-3-4-6-11(10)9-12(16-2)13-7-8-14(15)17-13/h3-8,12,16H,9H2,1-2H3. The van der Waals surface area contributed by atoms with Gasteiger partial charge in [0.15, 0.2) is 0 Å². The second-order valence-corrected chi connectivity index (χ2v) is 5.86. The summed E-state index contributed by atoms with van der Waals surface area (Å²) in [5, 5.41) is 3.36. The second-order valence-electron chi connectivity index (χ2n) is 4.11. The number of benzene rings is 1. The van der Waals surface area contributed by atoms with Crippen LogP contribution in [-0.2, 0) is 6.42 Å². The van der Waals surface area contributed by atoms with E-state index in [0.29, 0.717) is 6.04 Å². The smallest absolute Gasteiger partial charge is 0.0931 e. The molecule has 0 saturated carbocycles. The Hall–Kier alpha value is -0.830. The molecule has 0 radical (unpaired) electrons. The lowest BCUT2D eigenvalue weighted by atomic mass is 10.0. The summed E-state index contributed by atoms with van der Waals surface area (Å²) in [7, 11) is 2.00. The minimum Gasteiger partial charge on any atom is -0.312 e. The molecular formula is C14H16ClNS. The third-order valence-electron chi connectivity index (χ3n) is 2.97. The van der Waals surface area contributed by atoms with Crippen LogP contribution in [0, 0.1) is 6.92 Å². The highest BCUT2D eigenvalue weighted by Crippen LogP contribution is 2.29. The summed E-state index contributed by atoms with van der Waals surface area (Å²) in [6, 6.07) is 12.9. The molecule has 1 atom stereocenters. The lowest BCUT2D eigenvalue weighted by Gasteiger charge is -2.15. The second kappa shape index (κ2) is 5.67. The molecule has 0 aliphatic rings. The van der Waals surface area contributed by atoms with Crippen LogP contribution >= 0.6 is 22.9 Å². The summed E-state index contributed by atoms with van der Waals surface area (Å²) in [4.78, 5) is 1.29. The molecular weight excluding hydrogens is 250 g/mol. The van der Waals surface area contributed by atoms with E-state index in [4.69, 9.17) is 11.6 Å². The summed E-state index contributed by atoms with van der Waals surface area (Å²) in [5.41, 5.74) is 2.73. The molecule has 1 aromatic heterocycles. The van der Waals surface area contributed by atoms with Crippen molar-refractivity contribution < 1.29 is 0 Å². The Kier molecular flexibility index (Phi) is 4.21. The highest BCUT2D eigenvalue weighted by atomic mass is 35.5. The molecule has 1 aromatic carbocycles. The fourth-order valence-electron chi connectivity index (χ4n) is 1.92. The zero-order valence-corrected chi connectivity index (χ0v) is 11.6. The first kappa shape index (κ1) is 12.6. The van der Waals surface area contributed by atoms with Crippen LogP contribution in [0.1, 0.15) is 22.0 Å². The van der Waals surface area contributed by atoms with Gasteiger partial charge in [-0.1, -0.05) is 35.9 Å². The number of hydrogen-bond donors (Lipinski definition) is 1. The first-order chi connectivity index (χ1) is 8.20. The Morgan fingerprint density at radius 2 is 2.00 bits per heavy atom. The Morgan fingerprint density at radius 3 is 2.59 bits per heavy atom. The fraction of sp³-hybridized carbons (Fsp3) is 0.286. The molecule has 1 heterocycles. The third kappa shape index (κ3) is 3.09. The summed E-state index contributed by atoms with van der Waals surface area (Å²) in [6.07, 6.45) is 1.00. The van der Waals surface area contributed by atoms with Crippen LogP contribution in [0.2, 0.25) is 4.34 Å². The number of rotatable bonds is 4. The quantitative estimate of drug-likeness (QED) is 0.873. The van der Waals surface area contributed by atoms with Crippen LogP contribution in [0.5, 0.6) is 0 Å². The van der Waals surface area contributed by atoms with Gasteiger partial charge >= 0.3 is 0 Å². The monoisotopic (exact) mass is 265 g/mol. The number of thiophene rings is 1. The van der Waals surface area contributed by atoms with Crippen molar-refractivity contribution in [3.05, 3.63) is 56.7 Å². The van der Waals surface area contributed by atoms with E-state index in [9.17, 15) is 0 Å². The number of hydrogen-bond acceptors (Lipinski definition) is 2. The fourth-order valence-corrected chi connectivity index (χ4v) is 3.09. The van der Waals surface area contributed by atoms with Crippen LogP contribution in [0.15, 0.2) is 36.4 Å². The van der Waals surface area contributed by atoms with Crippen molar-refractivity contribution in [1.82, 2.24) is 5.32 Å². The van der Waals surface area contributed by atoms with Gasteiger partial charge in [-0.2, -0.15) is 0 Å². The van der Waals surface area contributed by atoms with E-state index in [-0.39, 0.29) is 0 Å². The Bertz CT molecular complexity index is 492. The van der Waals surface area contributed by atoms with Gasteiger partial charge in [0, 0.05) is 10.9 Å². The number of halogens is 1.